The Balaban J connectivity index is 1.02. The molecule has 0 bridgehead atoms. The van der Waals surface area contributed by atoms with E-state index in [9.17, 15) is 0 Å². The lowest BCUT2D eigenvalue weighted by atomic mass is 9.84. The number of benzene rings is 3. The fourth-order valence-corrected chi connectivity index (χ4v) is 6.99. The van der Waals surface area contributed by atoms with Gasteiger partial charge < -0.3 is 9.21 Å². The van der Waals surface area contributed by atoms with Gasteiger partial charge in [-0.15, -0.1) is 0 Å². The number of rotatable bonds is 5. The third-order valence-electron chi connectivity index (χ3n) is 7.52. The highest BCUT2D eigenvalue weighted by molar-refractivity contribution is 8.01. The van der Waals surface area contributed by atoms with E-state index < -0.39 is 0 Å². The number of nitrogens with zero attached hydrogens (tertiary/aromatic N) is 2. The maximum Gasteiger partial charge on any atom is 0.0564 e. The second-order valence-corrected chi connectivity index (χ2v) is 10.3. The summed E-state index contributed by atoms with van der Waals surface area (Å²) in [5, 5.41) is 2.81. The van der Waals surface area contributed by atoms with E-state index in [2.05, 4.69) is 69.9 Å². The zero-order valence-corrected chi connectivity index (χ0v) is 18.4. The van der Waals surface area contributed by atoms with E-state index in [-0.39, 0.29) is 0 Å². The minimum atomic E-state index is 0.817. The maximum absolute atomic E-state index is 2.70. The monoisotopic (exact) mass is 414 g/mol. The van der Waals surface area contributed by atoms with Gasteiger partial charge in [-0.2, -0.15) is 0 Å². The Morgan fingerprint density at radius 1 is 0.833 bits per heavy atom. The average molecular weight is 415 g/mol. The molecule has 1 fully saturated rings. The van der Waals surface area contributed by atoms with E-state index in [1.165, 1.54) is 73.1 Å². The van der Waals surface area contributed by atoms with Gasteiger partial charge in [0, 0.05) is 23.4 Å². The van der Waals surface area contributed by atoms with Crippen molar-refractivity contribution in [3.8, 4) is 0 Å². The molecule has 2 nitrogen and oxygen atoms in total. The summed E-state index contributed by atoms with van der Waals surface area (Å²) in [5.74, 6) is 1.73. The van der Waals surface area contributed by atoms with Crippen LogP contribution in [0.5, 0.6) is 0 Å². The van der Waals surface area contributed by atoms with Crippen molar-refractivity contribution in [3.05, 3.63) is 71.8 Å². The fourth-order valence-electron chi connectivity index (χ4n) is 5.88. The van der Waals surface area contributed by atoms with Crippen LogP contribution in [0.2, 0.25) is 0 Å². The molecule has 2 heterocycles. The topological polar surface area (TPSA) is 6.48 Å². The molecule has 0 N–H and O–H groups in total. The molecule has 1 saturated heterocycles. The fraction of sp³-hybridized carbons (Fsp3) is 0.407. The molecule has 3 aliphatic rings. The number of likely N-dealkylation sites (tertiary alicyclic amines) is 1. The van der Waals surface area contributed by atoms with E-state index in [4.69, 9.17) is 0 Å². The highest BCUT2D eigenvalue weighted by Gasteiger charge is 2.28. The molecule has 0 aromatic heterocycles. The number of piperidine rings is 1. The van der Waals surface area contributed by atoms with Crippen molar-refractivity contribution in [1.82, 2.24) is 4.90 Å². The number of hydrogen-bond acceptors (Lipinski definition) is 3. The summed E-state index contributed by atoms with van der Waals surface area (Å²) in [5.41, 5.74) is 4.67. The Morgan fingerprint density at radius 2 is 1.67 bits per heavy atom. The normalized spacial score (nSPS) is 21.5. The lowest BCUT2D eigenvalue weighted by Crippen LogP contribution is -2.38. The van der Waals surface area contributed by atoms with Crippen LogP contribution in [-0.4, -0.2) is 31.1 Å². The molecule has 0 radical (unpaired) electrons. The predicted molar refractivity (Wildman–Crippen MR) is 128 cm³/mol. The number of fused-ring (bicyclic) bond motifs is 1. The molecule has 6 rings (SSSR count). The molecule has 0 amide bonds. The molecular weight excluding hydrogens is 384 g/mol. The van der Waals surface area contributed by atoms with Crippen LogP contribution in [-0.2, 0) is 6.42 Å². The number of aryl methyl sites for hydroxylation is 1. The minimum absolute atomic E-state index is 0.817. The predicted octanol–water partition coefficient (Wildman–Crippen LogP) is 6.50. The minimum Gasteiger partial charge on any atom is -0.310 e. The van der Waals surface area contributed by atoms with Gasteiger partial charge in [-0.3, -0.25) is 0 Å². The molecule has 3 aromatic carbocycles. The largest absolute Gasteiger partial charge is 0.310 e. The summed E-state index contributed by atoms with van der Waals surface area (Å²) in [7, 11) is 0. The van der Waals surface area contributed by atoms with Gasteiger partial charge in [0.1, 0.15) is 0 Å². The highest BCUT2D eigenvalue weighted by atomic mass is 32.2. The van der Waals surface area contributed by atoms with Gasteiger partial charge in [-0.25, -0.2) is 0 Å². The van der Waals surface area contributed by atoms with Crippen LogP contribution in [0.4, 0.5) is 5.69 Å². The van der Waals surface area contributed by atoms with Crippen molar-refractivity contribution in [1.29, 1.82) is 0 Å². The summed E-state index contributed by atoms with van der Waals surface area (Å²) in [6.45, 7) is 4.83. The Labute approximate surface area is 184 Å². The highest BCUT2D eigenvalue weighted by Crippen LogP contribution is 2.46. The smallest absolute Gasteiger partial charge is 0.0564 e. The third kappa shape index (κ3) is 3.42. The zero-order valence-electron chi connectivity index (χ0n) is 17.6. The molecule has 0 saturated carbocycles. The molecule has 1 unspecified atom stereocenters. The molecule has 154 valence electrons. The van der Waals surface area contributed by atoms with Crippen LogP contribution < -0.4 is 4.31 Å². The quantitative estimate of drug-likeness (QED) is 0.440. The molecule has 3 aromatic rings. The first-order valence-electron chi connectivity index (χ1n) is 11.6. The van der Waals surface area contributed by atoms with E-state index in [0.717, 1.165) is 18.4 Å². The van der Waals surface area contributed by atoms with E-state index in [1.54, 1.807) is 11.1 Å². The standard InChI is InChI=1S/C27H30N2S/c1-2-8-24-21(5-1)11-12-23(24)19-20-13-15-28(16-14-20)17-18-29-25-9-3-6-22-7-4-10-26(30-29)27(22)25/h1-10,20,23H,11-19H2. The van der Waals surface area contributed by atoms with Crippen molar-refractivity contribution in [2.24, 2.45) is 5.92 Å². The maximum atomic E-state index is 2.70. The van der Waals surface area contributed by atoms with Crippen LogP contribution in [0.25, 0.3) is 10.8 Å². The van der Waals surface area contributed by atoms with Gasteiger partial charge in [0.2, 0.25) is 0 Å². The van der Waals surface area contributed by atoms with Crippen molar-refractivity contribution >= 4 is 28.4 Å². The van der Waals surface area contributed by atoms with Gasteiger partial charge in [-0.05, 0) is 97.6 Å². The third-order valence-corrected chi connectivity index (χ3v) is 8.66. The Kier molecular flexibility index (Phi) is 4.97. The molecule has 30 heavy (non-hydrogen) atoms. The Morgan fingerprint density at radius 3 is 2.57 bits per heavy atom. The van der Waals surface area contributed by atoms with Crippen molar-refractivity contribution in [3.63, 3.8) is 0 Å². The summed E-state index contributed by atoms with van der Waals surface area (Å²) >= 11 is 1.93. The Hall–Kier alpha value is -1.97. The van der Waals surface area contributed by atoms with E-state index >= 15 is 0 Å². The first kappa shape index (κ1) is 18.8. The second-order valence-electron chi connectivity index (χ2n) is 9.28. The summed E-state index contributed by atoms with van der Waals surface area (Å²) in [4.78, 5) is 4.11. The van der Waals surface area contributed by atoms with Crippen molar-refractivity contribution < 1.29 is 0 Å². The SMILES string of the molecule is c1ccc2c(c1)CCC2CC1CCN(CCN2Sc3cccc4cccc2c34)CC1. The van der Waals surface area contributed by atoms with Gasteiger partial charge in [-0.1, -0.05) is 48.5 Å². The van der Waals surface area contributed by atoms with Gasteiger partial charge in [0.15, 0.2) is 0 Å². The Bertz CT molecular complexity index is 1050. The zero-order chi connectivity index (χ0) is 19.9. The molecule has 2 aliphatic heterocycles. The van der Waals surface area contributed by atoms with Crippen molar-refractivity contribution in [2.75, 3.05) is 30.5 Å². The first-order chi connectivity index (χ1) is 14.8. The lowest BCUT2D eigenvalue weighted by molar-refractivity contribution is 0.178. The van der Waals surface area contributed by atoms with Crippen LogP contribution in [0.1, 0.15) is 42.7 Å². The molecule has 1 atom stereocenters. The summed E-state index contributed by atoms with van der Waals surface area (Å²) in [6.07, 6.45) is 6.83. The van der Waals surface area contributed by atoms with E-state index in [0.29, 0.717) is 0 Å². The molecule has 0 spiro atoms. The number of anilines is 1. The summed E-state index contributed by atoms with van der Waals surface area (Å²) < 4.78 is 2.51. The van der Waals surface area contributed by atoms with Crippen LogP contribution in [0, 0.1) is 5.92 Å². The number of hydrogen-bond donors (Lipinski definition) is 0. The molecule has 1 aliphatic carbocycles. The first-order valence-corrected chi connectivity index (χ1v) is 12.4. The van der Waals surface area contributed by atoms with Crippen LogP contribution >= 0.6 is 11.9 Å². The molecule has 3 heteroatoms. The lowest BCUT2D eigenvalue weighted by Gasteiger charge is -2.34. The van der Waals surface area contributed by atoms with Crippen LogP contribution in [0.15, 0.2) is 65.6 Å². The van der Waals surface area contributed by atoms with Gasteiger partial charge >= 0.3 is 0 Å². The average Bonchev–Trinajstić information content (AvgIpc) is 3.37. The van der Waals surface area contributed by atoms with E-state index in [1.807, 2.05) is 11.9 Å². The van der Waals surface area contributed by atoms with Gasteiger partial charge in [0.25, 0.3) is 0 Å². The molecular formula is C27H30N2S. The second kappa shape index (κ2) is 7.94. The van der Waals surface area contributed by atoms with Crippen LogP contribution in [0.3, 0.4) is 0 Å². The van der Waals surface area contributed by atoms with Crippen molar-refractivity contribution in [2.45, 2.75) is 42.9 Å². The van der Waals surface area contributed by atoms with Gasteiger partial charge in [0.05, 0.1) is 5.69 Å². The summed E-state index contributed by atoms with van der Waals surface area (Å²) in [6, 6.07) is 22.6.